The van der Waals surface area contributed by atoms with Crippen LogP contribution in [-0.4, -0.2) is 49.6 Å². The van der Waals surface area contributed by atoms with Crippen LogP contribution in [0, 0.1) is 12.8 Å². The van der Waals surface area contributed by atoms with Gasteiger partial charge in [-0.1, -0.05) is 19.3 Å². The third-order valence-electron chi connectivity index (χ3n) is 6.45. The number of nitrogens with zero attached hydrogens (tertiary/aromatic N) is 5. The zero-order chi connectivity index (χ0) is 18.8. The highest BCUT2D eigenvalue weighted by atomic mass is 19.1. The summed E-state index contributed by atoms with van der Waals surface area (Å²) in [4.78, 5) is 7.15. The Kier molecular flexibility index (Phi) is 5.57. The maximum absolute atomic E-state index is 13.7. The lowest BCUT2D eigenvalue weighted by molar-refractivity contribution is 0.295. The fourth-order valence-electron chi connectivity index (χ4n) is 4.75. The van der Waals surface area contributed by atoms with E-state index in [0.717, 1.165) is 37.8 Å². The minimum Gasteiger partial charge on any atom is -0.298 e. The fraction of sp³-hybridized carbons (Fsp3) is 0.750. The number of alkyl halides is 1. The number of aromatic amines is 1. The van der Waals surface area contributed by atoms with Gasteiger partial charge in [-0.15, -0.1) is 0 Å². The van der Waals surface area contributed by atoms with E-state index in [0.29, 0.717) is 5.92 Å². The van der Waals surface area contributed by atoms with Gasteiger partial charge in [0.25, 0.3) is 0 Å². The molecule has 1 saturated heterocycles. The Hall–Kier alpha value is -1.76. The van der Waals surface area contributed by atoms with Gasteiger partial charge in [-0.25, -0.2) is 4.98 Å². The summed E-state index contributed by atoms with van der Waals surface area (Å²) in [6, 6.07) is 0. The quantitative estimate of drug-likeness (QED) is 0.840. The molecular formula is C20H31FN6. The third kappa shape index (κ3) is 3.79. The zero-order valence-corrected chi connectivity index (χ0v) is 16.5. The Morgan fingerprint density at radius 3 is 2.74 bits per heavy atom. The molecule has 0 amide bonds. The van der Waals surface area contributed by atoms with E-state index in [9.17, 15) is 4.39 Å². The number of hydrogen-bond donors (Lipinski definition) is 1. The maximum atomic E-state index is 13.7. The lowest BCUT2D eigenvalue weighted by Crippen LogP contribution is -2.21. The van der Waals surface area contributed by atoms with Crippen LogP contribution in [-0.2, 0) is 13.1 Å². The van der Waals surface area contributed by atoms with Gasteiger partial charge in [0, 0.05) is 55.2 Å². The van der Waals surface area contributed by atoms with Crippen LogP contribution < -0.4 is 0 Å². The van der Waals surface area contributed by atoms with Crippen molar-refractivity contribution in [2.24, 2.45) is 5.92 Å². The van der Waals surface area contributed by atoms with E-state index in [1.165, 1.54) is 43.4 Å². The van der Waals surface area contributed by atoms with Crippen molar-refractivity contribution in [1.82, 2.24) is 29.9 Å². The average Bonchev–Trinajstić information content (AvgIpc) is 3.42. The second-order valence-corrected chi connectivity index (χ2v) is 8.20. The Balaban J connectivity index is 1.45. The van der Waals surface area contributed by atoms with Gasteiger partial charge in [0.05, 0.1) is 12.9 Å². The Bertz CT molecular complexity index is 747. The van der Waals surface area contributed by atoms with Gasteiger partial charge in [0.15, 0.2) is 5.82 Å². The first-order valence-corrected chi connectivity index (χ1v) is 10.4. The normalized spacial score (nSPS) is 24.7. The van der Waals surface area contributed by atoms with Crippen LogP contribution in [0.4, 0.5) is 4.39 Å². The van der Waals surface area contributed by atoms with E-state index in [4.69, 9.17) is 4.98 Å². The van der Waals surface area contributed by atoms with Gasteiger partial charge in [-0.2, -0.15) is 10.2 Å². The summed E-state index contributed by atoms with van der Waals surface area (Å²) in [6.07, 6.45) is 8.17. The Labute approximate surface area is 160 Å². The topological polar surface area (TPSA) is 62.6 Å². The van der Waals surface area contributed by atoms with E-state index >= 15 is 0 Å². The van der Waals surface area contributed by atoms with E-state index in [1.807, 2.05) is 10.9 Å². The van der Waals surface area contributed by atoms with Gasteiger partial charge in [-0.3, -0.25) is 19.1 Å². The van der Waals surface area contributed by atoms with Crippen LogP contribution in [0.2, 0.25) is 0 Å². The van der Waals surface area contributed by atoms with Crippen LogP contribution in [0.25, 0.3) is 0 Å². The molecule has 1 aliphatic heterocycles. The molecule has 0 unspecified atom stereocenters. The molecule has 0 aromatic carbocycles. The van der Waals surface area contributed by atoms with Crippen molar-refractivity contribution in [2.45, 2.75) is 70.9 Å². The third-order valence-corrected chi connectivity index (χ3v) is 6.45. The molecule has 0 bridgehead atoms. The number of halogens is 1. The number of aromatic nitrogens is 5. The number of rotatable bonds is 6. The van der Waals surface area contributed by atoms with E-state index in [1.54, 1.807) is 0 Å². The molecule has 1 N–H and O–H groups in total. The summed E-state index contributed by atoms with van der Waals surface area (Å²) in [5, 5.41) is 12.1. The monoisotopic (exact) mass is 374 g/mol. The van der Waals surface area contributed by atoms with Gasteiger partial charge in [-0.05, 0) is 26.7 Å². The molecule has 4 rings (SSSR count). The summed E-state index contributed by atoms with van der Waals surface area (Å²) in [5.74, 6) is 2.38. The van der Waals surface area contributed by atoms with E-state index in [2.05, 4.69) is 34.0 Å². The molecule has 2 aromatic rings. The highest BCUT2D eigenvalue weighted by Crippen LogP contribution is 2.35. The summed E-state index contributed by atoms with van der Waals surface area (Å²) < 4.78 is 15.8. The van der Waals surface area contributed by atoms with Crippen LogP contribution in [0.15, 0.2) is 6.20 Å². The van der Waals surface area contributed by atoms with Crippen LogP contribution in [0.1, 0.15) is 73.8 Å². The van der Waals surface area contributed by atoms with Crippen molar-refractivity contribution in [3.8, 4) is 0 Å². The molecule has 0 spiro atoms. The van der Waals surface area contributed by atoms with Gasteiger partial charge in [0.2, 0.25) is 0 Å². The van der Waals surface area contributed by atoms with Gasteiger partial charge >= 0.3 is 0 Å². The highest BCUT2D eigenvalue weighted by Gasteiger charge is 2.36. The highest BCUT2D eigenvalue weighted by molar-refractivity contribution is 5.17. The van der Waals surface area contributed by atoms with Crippen molar-refractivity contribution in [3.05, 3.63) is 29.1 Å². The molecule has 2 aromatic heterocycles. The van der Waals surface area contributed by atoms with Crippen LogP contribution in [0.5, 0.6) is 0 Å². The molecule has 1 saturated carbocycles. The molecule has 148 valence electrons. The minimum absolute atomic E-state index is 0.0151. The number of likely N-dealkylation sites (tertiary alicyclic amines) is 1. The largest absolute Gasteiger partial charge is 0.298 e. The first-order chi connectivity index (χ1) is 13.2. The summed E-state index contributed by atoms with van der Waals surface area (Å²) in [6.45, 7) is 7.18. The van der Waals surface area contributed by atoms with Crippen molar-refractivity contribution in [1.29, 1.82) is 0 Å². The number of nitrogens with one attached hydrogen (secondary N) is 1. The lowest BCUT2D eigenvalue weighted by Gasteiger charge is -2.18. The zero-order valence-electron chi connectivity index (χ0n) is 16.5. The minimum atomic E-state index is -0.312. The Morgan fingerprint density at radius 2 is 2.04 bits per heavy atom. The average molecular weight is 375 g/mol. The molecule has 0 radical (unpaired) electrons. The lowest BCUT2D eigenvalue weighted by atomic mass is 9.89. The summed E-state index contributed by atoms with van der Waals surface area (Å²) >= 11 is 0. The predicted molar refractivity (Wildman–Crippen MR) is 102 cm³/mol. The maximum Gasteiger partial charge on any atom is 0.153 e. The van der Waals surface area contributed by atoms with Gasteiger partial charge < -0.3 is 0 Å². The number of hydrogen-bond acceptors (Lipinski definition) is 4. The van der Waals surface area contributed by atoms with Crippen molar-refractivity contribution in [2.75, 3.05) is 19.8 Å². The Morgan fingerprint density at radius 1 is 1.22 bits per heavy atom. The van der Waals surface area contributed by atoms with Crippen LogP contribution in [0.3, 0.4) is 0 Å². The molecule has 2 aliphatic rings. The fourth-order valence-corrected chi connectivity index (χ4v) is 4.75. The molecule has 2 fully saturated rings. The van der Waals surface area contributed by atoms with Gasteiger partial charge in [0.1, 0.15) is 5.82 Å². The second kappa shape index (κ2) is 8.09. The molecule has 1 aliphatic carbocycles. The van der Waals surface area contributed by atoms with E-state index in [-0.39, 0.29) is 18.5 Å². The predicted octanol–water partition coefficient (Wildman–Crippen LogP) is 3.56. The molecular weight excluding hydrogens is 343 g/mol. The first-order valence-electron chi connectivity index (χ1n) is 10.4. The molecule has 2 atom stereocenters. The molecule has 7 heteroatoms. The molecule has 3 heterocycles. The van der Waals surface area contributed by atoms with Crippen LogP contribution >= 0.6 is 0 Å². The summed E-state index contributed by atoms with van der Waals surface area (Å²) in [5.41, 5.74) is 2.44. The first kappa shape index (κ1) is 18.6. The van der Waals surface area contributed by atoms with Crippen molar-refractivity contribution < 1.29 is 4.39 Å². The molecule has 27 heavy (non-hydrogen) atoms. The van der Waals surface area contributed by atoms with E-state index < -0.39 is 0 Å². The SMILES string of the molecule is CCn1ncc(CN2C[C@@H](CF)[C@H](c3nc(C4CCCCC4)n[nH]3)C2)c1C. The second-order valence-electron chi connectivity index (χ2n) is 8.20. The molecule has 6 nitrogen and oxygen atoms in total. The summed E-state index contributed by atoms with van der Waals surface area (Å²) in [7, 11) is 0. The van der Waals surface area contributed by atoms with Crippen molar-refractivity contribution >= 4 is 0 Å². The number of H-pyrrole nitrogens is 1. The smallest absolute Gasteiger partial charge is 0.153 e. The standard InChI is InChI=1S/C20H31FN6/c1-3-27-14(2)17(10-22-27)12-26-11-16(9-21)18(13-26)20-23-19(24-25-20)15-7-5-4-6-8-15/h10,15-16,18H,3-9,11-13H2,1-2H3,(H,23,24,25)/t16-,18-/m1/s1. The number of aryl methyl sites for hydroxylation is 1. The van der Waals surface area contributed by atoms with Crippen molar-refractivity contribution in [3.63, 3.8) is 0 Å².